The maximum absolute atomic E-state index is 10.1. The second-order valence-electron chi connectivity index (χ2n) is 5.21. The van der Waals surface area contributed by atoms with Crippen molar-refractivity contribution in [2.24, 2.45) is 0 Å². The molecule has 1 N–H and O–H groups in total. The van der Waals surface area contributed by atoms with Gasteiger partial charge in [0.1, 0.15) is 28.2 Å². The molecule has 0 bridgehead atoms. The summed E-state index contributed by atoms with van der Waals surface area (Å²) in [7, 11) is 0. The number of aromatic hydroxyl groups is 1. The van der Waals surface area contributed by atoms with E-state index in [9.17, 15) is 5.11 Å². The Morgan fingerprint density at radius 3 is 2.43 bits per heavy atom. The molecule has 0 spiro atoms. The van der Waals surface area contributed by atoms with E-state index in [1.54, 1.807) is 12.1 Å². The maximum Gasteiger partial charge on any atom is 0.143 e. The SMILES string of the molecule is CCCCOc1ccc(O)c(-n2n3c4ccccc4n23)c1. The molecule has 5 nitrogen and oxygen atoms in total. The summed E-state index contributed by atoms with van der Waals surface area (Å²) in [6, 6.07) is 13.5. The molecule has 0 amide bonds. The van der Waals surface area contributed by atoms with Gasteiger partial charge in [-0.3, -0.25) is 0 Å². The Morgan fingerprint density at radius 2 is 1.76 bits per heavy atom. The monoisotopic (exact) mass is 283 g/mol. The van der Waals surface area contributed by atoms with Crippen LogP contribution in [0.4, 0.5) is 0 Å². The molecule has 0 radical (unpaired) electrons. The molecule has 0 fully saturated rings. The van der Waals surface area contributed by atoms with Crippen LogP contribution in [0.15, 0.2) is 42.5 Å². The lowest BCUT2D eigenvalue weighted by Gasteiger charge is -2.06. The largest absolute Gasteiger partial charge is 0.506 e. The van der Waals surface area contributed by atoms with Gasteiger partial charge in [-0.25, -0.2) is 0 Å². The third kappa shape index (κ3) is 1.77. The van der Waals surface area contributed by atoms with Gasteiger partial charge in [-0.1, -0.05) is 25.5 Å². The van der Waals surface area contributed by atoms with Crippen LogP contribution >= 0.6 is 0 Å². The summed E-state index contributed by atoms with van der Waals surface area (Å²) in [5.41, 5.74) is 3.03. The Kier molecular flexibility index (Phi) is 2.60. The van der Waals surface area contributed by atoms with E-state index in [4.69, 9.17) is 4.74 Å². The number of hydrogen-bond donors (Lipinski definition) is 1. The number of fused-ring (bicyclic) bond motifs is 4. The first-order valence-electron chi connectivity index (χ1n) is 7.26. The van der Waals surface area contributed by atoms with Crippen molar-refractivity contribution >= 4 is 11.0 Å². The van der Waals surface area contributed by atoms with Gasteiger partial charge >= 0.3 is 0 Å². The van der Waals surface area contributed by atoms with Crippen LogP contribution in [0.25, 0.3) is 16.7 Å². The smallest absolute Gasteiger partial charge is 0.143 e. The van der Waals surface area contributed by atoms with Crippen molar-refractivity contribution < 1.29 is 9.84 Å². The van der Waals surface area contributed by atoms with Gasteiger partial charge in [0.25, 0.3) is 0 Å². The van der Waals surface area contributed by atoms with E-state index in [2.05, 4.69) is 19.1 Å². The summed E-state index contributed by atoms with van der Waals surface area (Å²) in [6.45, 7) is 2.84. The molecular formula is C16H17N3O2. The van der Waals surface area contributed by atoms with Gasteiger partial charge in [0.15, 0.2) is 0 Å². The number of ether oxygens (including phenoxy) is 1. The van der Waals surface area contributed by atoms with Gasteiger partial charge in [-0.2, -0.15) is 0 Å². The number of hydrogen-bond acceptors (Lipinski definition) is 2. The molecule has 0 atom stereocenters. The molecule has 2 aromatic heterocycles. The standard InChI is InChI=1S/C16H17N3O2/c1-2-3-10-21-12-8-9-16(20)15(11-12)19-17-13-6-4-5-7-14(13)18(17)19/h4-9,11,20H,2-3,10H2,1H3. The number of benzene rings is 2. The van der Waals surface area contributed by atoms with Crippen molar-refractivity contribution in [2.75, 3.05) is 6.61 Å². The number of nitrogens with zero attached hydrogens (tertiary/aromatic N) is 3. The second kappa shape index (κ2) is 4.48. The van der Waals surface area contributed by atoms with Crippen LogP contribution in [0.1, 0.15) is 19.8 Å². The lowest BCUT2D eigenvalue weighted by atomic mass is 10.3. The zero-order chi connectivity index (χ0) is 14.4. The van der Waals surface area contributed by atoms with Gasteiger partial charge in [-0.15, -0.1) is 14.1 Å². The van der Waals surface area contributed by atoms with E-state index >= 15 is 0 Å². The summed E-state index contributed by atoms with van der Waals surface area (Å²) in [5, 5.41) is 10.1. The highest BCUT2D eigenvalue weighted by Gasteiger charge is 2.25. The summed E-state index contributed by atoms with van der Waals surface area (Å²) >= 11 is 0. The zero-order valence-electron chi connectivity index (χ0n) is 11.9. The predicted octanol–water partition coefficient (Wildman–Crippen LogP) is 3.31. The summed E-state index contributed by atoms with van der Waals surface area (Å²) in [4.78, 5) is 1.94. The summed E-state index contributed by atoms with van der Waals surface area (Å²) in [6.07, 6.45) is 2.14. The molecule has 4 rings (SSSR count). The van der Waals surface area contributed by atoms with Crippen LogP contribution in [0.3, 0.4) is 0 Å². The van der Waals surface area contributed by atoms with Crippen LogP contribution in [-0.4, -0.2) is 25.8 Å². The van der Waals surface area contributed by atoms with Crippen molar-refractivity contribution in [3.05, 3.63) is 42.5 Å². The topological polar surface area (TPSA) is 43.2 Å². The molecule has 21 heavy (non-hydrogen) atoms. The fourth-order valence-corrected chi connectivity index (χ4v) is 2.58. The molecule has 0 saturated carbocycles. The number of para-hydroxylation sites is 2. The maximum atomic E-state index is 10.1. The van der Waals surface area contributed by atoms with Gasteiger partial charge in [0.05, 0.1) is 6.61 Å². The highest BCUT2D eigenvalue weighted by molar-refractivity contribution is 5.79. The molecule has 0 unspecified atom stereocenters. The number of aromatic nitrogens is 3. The normalized spacial score (nSPS) is 11.9. The molecule has 0 aliphatic carbocycles. The average Bonchev–Trinajstić information content (AvgIpc) is 3.15. The minimum absolute atomic E-state index is 0.248. The third-order valence-corrected chi connectivity index (χ3v) is 3.75. The molecular weight excluding hydrogens is 266 g/mol. The van der Waals surface area contributed by atoms with E-state index in [0.29, 0.717) is 6.61 Å². The fourth-order valence-electron chi connectivity index (χ4n) is 2.58. The van der Waals surface area contributed by atoms with Crippen LogP contribution in [0.2, 0.25) is 0 Å². The van der Waals surface area contributed by atoms with Crippen molar-refractivity contribution in [2.45, 2.75) is 19.8 Å². The quantitative estimate of drug-likeness (QED) is 0.571. The molecule has 108 valence electrons. The zero-order valence-corrected chi connectivity index (χ0v) is 11.9. The molecule has 5 heteroatoms. The second-order valence-corrected chi connectivity index (χ2v) is 5.21. The van der Waals surface area contributed by atoms with E-state index in [0.717, 1.165) is 35.3 Å². The average molecular weight is 283 g/mol. The molecule has 2 heterocycles. The fraction of sp³-hybridized carbons (Fsp3) is 0.250. The molecule has 2 aromatic carbocycles. The Bertz CT molecular complexity index is 842. The van der Waals surface area contributed by atoms with Gasteiger partial charge in [0.2, 0.25) is 0 Å². The van der Waals surface area contributed by atoms with Crippen LogP contribution in [-0.2, 0) is 0 Å². The Hall–Kier alpha value is -2.56. The highest BCUT2D eigenvalue weighted by atomic mass is 16.5. The van der Waals surface area contributed by atoms with Crippen molar-refractivity contribution in [3.63, 3.8) is 0 Å². The Morgan fingerprint density at radius 1 is 1.05 bits per heavy atom. The molecule has 0 aliphatic heterocycles. The van der Waals surface area contributed by atoms with Crippen LogP contribution < -0.4 is 4.74 Å². The first kappa shape index (κ1) is 12.2. The van der Waals surface area contributed by atoms with Gasteiger partial charge in [0, 0.05) is 6.07 Å². The van der Waals surface area contributed by atoms with Crippen molar-refractivity contribution in [1.29, 1.82) is 0 Å². The predicted molar refractivity (Wildman–Crippen MR) is 80.9 cm³/mol. The van der Waals surface area contributed by atoms with Gasteiger partial charge < -0.3 is 9.84 Å². The van der Waals surface area contributed by atoms with E-state index in [1.165, 1.54) is 0 Å². The van der Waals surface area contributed by atoms with Crippen LogP contribution in [0, 0.1) is 0 Å². The molecule has 4 aromatic rings. The minimum Gasteiger partial charge on any atom is -0.506 e. The van der Waals surface area contributed by atoms with Crippen LogP contribution in [0.5, 0.6) is 11.5 Å². The molecule has 0 saturated heterocycles. The number of phenols is 1. The summed E-state index contributed by atoms with van der Waals surface area (Å²) < 4.78 is 9.74. The Labute approximate surface area is 121 Å². The van der Waals surface area contributed by atoms with Crippen molar-refractivity contribution in [1.82, 2.24) is 14.1 Å². The first-order chi connectivity index (χ1) is 10.3. The highest BCUT2D eigenvalue weighted by Crippen LogP contribution is 2.32. The number of phenolic OH excluding ortho intramolecular Hbond substituents is 1. The lowest BCUT2D eigenvalue weighted by molar-refractivity contribution is 0.308. The van der Waals surface area contributed by atoms with Gasteiger partial charge in [-0.05, 0) is 30.7 Å². The van der Waals surface area contributed by atoms with E-state index < -0.39 is 0 Å². The lowest BCUT2D eigenvalue weighted by Crippen LogP contribution is -1.97. The van der Waals surface area contributed by atoms with E-state index in [-0.39, 0.29) is 5.75 Å². The minimum atomic E-state index is 0.248. The van der Waals surface area contributed by atoms with Crippen molar-refractivity contribution in [3.8, 4) is 17.2 Å². The van der Waals surface area contributed by atoms with E-state index in [1.807, 2.05) is 32.3 Å². The first-order valence-corrected chi connectivity index (χ1v) is 7.26. The number of rotatable bonds is 5. The third-order valence-electron chi connectivity index (χ3n) is 3.75. The number of unbranched alkanes of at least 4 members (excludes halogenated alkanes) is 1. The summed E-state index contributed by atoms with van der Waals surface area (Å²) in [5.74, 6) is 1.03. The Balaban J connectivity index is 1.70. The molecule has 0 aliphatic rings.